The van der Waals surface area contributed by atoms with E-state index in [2.05, 4.69) is 47.6 Å². The Morgan fingerprint density at radius 2 is 2.17 bits per heavy atom. The van der Waals surface area contributed by atoms with Crippen LogP contribution < -0.4 is 5.32 Å². The van der Waals surface area contributed by atoms with Gasteiger partial charge in [0.15, 0.2) is 0 Å². The fraction of sp³-hybridized carbons (Fsp3) is 0.769. The fourth-order valence-electron chi connectivity index (χ4n) is 2.74. The van der Waals surface area contributed by atoms with Crippen molar-refractivity contribution in [3.8, 4) is 0 Å². The van der Waals surface area contributed by atoms with Gasteiger partial charge in [-0.15, -0.1) is 0 Å². The van der Waals surface area contributed by atoms with E-state index in [1.165, 1.54) is 5.56 Å². The van der Waals surface area contributed by atoms with E-state index >= 15 is 0 Å². The molecule has 0 amide bonds. The first-order valence-corrected chi connectivity index (χ1v) is 6.63. The Labute approximate surface area is 110 Å². The summed E-state index contributed by atoms with van der Waals surface area (Å²) in [4.78, 5) is 4.88. The van der Waals surface area contributed by atoms with Crippen LogP contribution in [0.4, 0.5) is 0 Å². The van der Waals surface area contributed by atoms with Crippen LogP contribution >= 0.6 is 0 Å². The third-order valence-corrected chi connectivity index (χ3v) is 3.95. The average molecular weight is 251 g/mol. The average Bonchev–Trinajstić information content (AvgIpc) is 2.75. The normalized spacial score (nSPS) is 24.3. The van der Waals surface area contributed by atoms with Gasteiger partial charge in [-0.3, -0.25) is 9.58 Å². The number of rotatable bonds is 4. The summed E-state index contributed by atoms with van der Waals surface area (Å²) in [5, 5.41) is 7.72. The molecule has 1 aromatic heterocycles. The number of aromatic nitrogens is 2. The zero-order valence-electron chi connectivity index (χ0n) is 11.9. The van der Waals surface area contributed by atoms with Crippen LogP contribution in [0.3, 0.4) is 0 Å². The highest BCUT2D eigenvalue weighted by molar-refractivity contribution is 5.08. The quantitative estimate of drug-likeness (QED) is 0.804. The van der Waals surface area contributed by atoms with Gasteiger partial charge in [-0.25, -0.2) is 0 Å². The Hall–Kier alpha value is -0.910. The second kappa shape index (κ2) is 5.82. The summed E-state index contributed by atoms with van der Waals surface area (Å²) in [6, 6.07) is 1.04. The SMILES string of the molecule is CNC(Cc1cnn(C)c1)C1CN(C)CCN1C. The molecule has 1 fully saturated rings. The molecule has 1 aliphatic rings. The highest BCUT2D eigenvalue weighted by Gasteiger charge is 2.29. The van der Waals surface area contributed by atoms with Gasteiger partial charge in [-0.1, -0.05) is 0 Å². The second-order valence-corrected chi connectivity index (χ2v) is 5.43. The lowest BCUT2D eigenvalue weighted by Gasteiger charge is -2.41. The van der Waals surface area contributed by atoms with E-state index in [1.54, 1.807) is 0 Å². The van der Waals surface area contributed by atoms with Crippen LogP contribution in [0.5, 0.6) is 0 Å². The summed E-state index contributed by atoms with van der Waals surface area (Å²) in [5.41, 5.74) is 1.30. The zero-order chi connectivity index (χ0) is 13.1. The minimum Gasteiger partial charge on any atom is -0.315 e. The third kappa shape index (κ3) is 3.10. The molecule has 2 atom stereocenters. The molecule has 2 rings (SSSR count). The first-order valence-electron chi connectivity index (χ1n) is 6.63. The van der Waals surface area contributed by atoms with Crippen molar-refractivity contribution in [2.24, 2.45) is 7.05 Å². The van der Waals surface area contributed by atoms with Crippen LogP contribution in [-0.2, 0) is 13.5 Å². The van der Waals surface area contributed by atoms with Crippen molar-refractivity contribution < 1.29 is 0 Å². The van der Waals surface area contributed by atoms with Crippen molar-refractivity contribution >= 4 is 0 Å². The Morgan fingerprint density at radius 1 is 1.39 bits per heavy atom. The topological polar surface area (TPSA) is 36.3 Å². The van der Waals surface area contributed by atoms with E-state index in [9.17, 15) is 0 Å². The molecule has 0 spiro atoms. The first-order chi connectivity index (χ1) is 8.60. The second-order valence-electron chi connectivity index (χ2n) is 5.43. The Balaban J connectivity index is 2.02. The van der Waals surface area contributed by atoms with Crippen molar-refractivity contribution in [1.82, 2.24) is 24.9 Å². The molecule has 0 radical (unpaired) electrons. The highest BCUT2D eigenvalue weighted by Crippen LogP contribution is 2.13. The van der Waals surface area contributed by atoms with E-state index in [0.29, 0.717) is 12.1 Å². The fourth-order valence-corrected chi connectivity index (χ4v) is 2.74. The monoisotopic (exact) mass is 251 g/mol. The molecule has 2 unspecified atom stereocenters. The van der Waals surface area contributed by atoms with Gasteiger partial charge < -0.3 is 10.2 Å². The van der Waals surface area contributed by atoms with Crippen LogP contribution in [0.2, 0.25) is 0 Å². The standard InChI is InChI=1S/C13H25N5/c1-14-12(7-11-8-15-18(4)9-11)13-10-16(2)5-6-17(13)3/h8-9,12-14H,5-7,10H2,1-4H3. The molecule has 1 N–H and O–H groups in total. The summed E-state index contributed by atoms with van der Waals surface area (Å²) in [7, 11) is 8.46. The third-order valence-electron chi connectivity index (χ3n) is 3.95. The lowest BCUT2D eigenvalue weighted by atomic mass is 9.98. The van der Waals surface area contributed by atoms with Gasteiger partial charge >= 0.3 is 0 Å². The highest BCUT2D eigenvalue weighted by atomic mass is 15.3. The van der Waals surface area contributed by atoms with Crippen LogP contribution in [0.1, 0.15) is 5.56 Å². The molecule has 2 heterocycles. The van der Waals surface area contributed by atoms with Gasteiger partial charge in [0.1, 0.15) is 0 Å². The van der Waals surface area contributed by atoms with Gasteiger partial charge in [-0.05, 0) is 33.1 Å². The van der Waals surface area contributed by atoms with E-state index in [-0.39, 0.29) is 0 Å². The molecule has 0 aromatic carbocycles. The van der Waals surface area contributed by atoms with Crippen LogP contribution in [0.25, 0.3) is 0 Å². The van der Waals surface area contributed by atoms with E-state index < -0.39 is 0 Å². The molecular weight excluding hydrogens is 226 g/mol. The molecule has 1 saturated heterocycles. The van der Waals surface area contributed by atoms with E-state index in [1.807, 2.05) is 17.9 Å². The molecule has 5 heteroatoms. The molecule has 18 heavy (non-hydrogen) atoms. The van der Waals surface area contributed by atoms with Gasteiger partial charge in [0.05, 0.1) is 6.20 Å². The molecule has 102 valence electrons. The van der Waals surface area contributed by atoms with Crippen LogP contribution in [-0.4, -0.2) is 72.4 Å². The number of nitrogens with one attached hydrogen (secondary N) is 1. The van der Waals surface area contributed by atoms with Crippen molar-refractivity contribution in [3.63, 3.8) is 0 Å². The van der Waals surface area contributed by atoms with Gasteiger partial charge in [0.25, 0.3) is 0 Å². The van der Waals surface area contributed by atoms with Gasteiger partial charge in [-0.2, -0.15) is 5.10 Å². The Kier molecular flexibility index (Phi) is 4.37. The summed E-state index contributed by atoms with van der Waals surface area (Å²) in [6.45, 7) is 3.44. The Bertz CT molecular complexity index is 375. The van der Waals surface area contributed by atoms with Crippen molar-refractivity contribution in [2.45, 2.75) is 18.5 Å². The lowest BCUT2D eigenvalue weighted by molar-refractivity contribution is 0.0897. The van der Waals surface area contributed by atoms with E-state index in [4.69, 9.17) is 0 Å². The van der Waals surface area contributed by atoms with Crippen LogP contribution in [0, 0.1) is 0 Å². The zero-order valence-corrected chi connectivity index (χ0v) is 11.9. The van der Waals surface area contributed by atoms with Crippen LogP contribution in [0.15, 0.2) is 12.4 Å². The molecular formula is C13H25N5. The molecule has 0 aliphatic carbocycles. The number of hydrogen-bond acceptors (Lipinski definition) is 4. The minimum absolute atomic E-state index is 0.474. The Morgan fingerprint density at radius 3 is 2.78 bits per heavy atom. The predicted octanol–water partition coefficient (Wildman–Crippen LogP) is -0.204. The maximum absolute atomic E-state index is 4.25. The lowest BCUT2D eigenvalue weighted by Crippen LogP contribution is -2.58. The van der Waals surface area contributed by atoms with Gasteiger partial charge in [0, 0.05) is 45.0 Å². The largest absolute Gasteiger partial charge is 0.315 e. The number of nitrogens with zero attached hydrogens (tertiary/aromatic N) is 4. The summed E-state index contributed by atoms with van der Waals surface area (Å²) < 4.78 is 1.87. The molecule has 0 bridgehead atoms. The summed E-state index contributed by atoms with van der Waals surface area (Å²) in [6.07, 6.45) is 5.11. The maximum Gasteiger partial charge on any atom is 0.0522 e. The van der Waals surface area contributed by atoms with Crippen molar-refractivity contribution in [3.05, 3.63) is 18.0 Å². The predicted molar refractivity (Wildman–Crippen MR) is 73.7 cm³/mol. The molecule has 5 nitrogen and oxygen atoms in total. The van der Waals surface area contributed by atoms with Gasteiger partial charge in [0.2, 0.25) is 0 Å². The summed E-state index contributed by atoms with van der Waals surface area (Å²) in [5.74, 6) is 0. The number of aryl methyl sites for hydroxylation is 1. The molecule has 1 aliphatic heterocycles. The number of piperazine rings is 1. The molecule has 1 aromatic rings. The summed E-state index contributed by atoms with van der Waals surface area (Å²) >= 11 is 0. The van der Waals surface area contributed by atoms with Crippen molar-refractivity contribution in [2.75, 3.05) is 40.8 Å². The maximum atomic E-state index is 4.25. The number of likely N-dealkylation sites (N-methyl/N-ethyl adjacent to an activating group) is 3. The first kappa shape index (κ1) is 13.5. The van der Waals surface area contributed by atoms with E-state index in [0.717, 1.165) is 26.1 Å². The minimum atomic E-state index is 0.474. The van der Waals surface area contributed by atoms with Crippen molar-refractivity contribution in [1.29, 1.82) is 0 Å². The number of hydrogen-bond donors (Lipinski definition) is 1. The smallest absolute Gasteiger partial charge is 0.0522 e. The molecule has 0 saturated carbocycles.